The van der Waals surface area contributed by atoms with Crippen molar-refractivity contribution in [3.8, 4) is 0 Å². The molecule has 0 N–H and O–H groups in total. The molecule has 0 saturated carbocycles. The number of nitrogens with zero attached hydrogens (tertiary/aromatic N) is 6. The van der Waals surface area contributed by atoms with Gasteiger partial charge in [-0.2, -0.15) is 0 Å². The van der Waals surface area contributed by atoms with E-state index in [4.69, 9.17) is 4.74 Å². The third-order valence-electron chi connectivity index (χ3n) is 4.02. The number of amides is 1. The van der Waals surface area contributed by atoms with Crippen LogP contribution in [0.3, 0.4) is 0 Å². The first-order chi connectivity index (χ1) is 11.5. The number of aromatic nitrogens is 4. The van der Waals surface area contributed by atoms with Gasteiger partial charge in [0, 0.05) is 51.8 Å². The molecule has 2 aromatic heterocycles. The number of anilines is 1. The first-order valence-corrected chi connectivity index (χ1v) is 7.86. The Kier molecular flexibility index (Phi) is 4.48. The Morgan fingerprint density at radius 1 is 1.38 bits per heavy atom. The molecule has 0 unspecified atom stereocenters. The van der Waals surface area contributed by atoms with E-state index in [1.165, 1.54) is 0 Å². The number of rotatable bonds is 3. The van der Waals surface area contributed by atoms with Gasteiger partial charge in [0.25, 0.3) is 5.91 Å². The van der Waals surface area contributed by atoms with Gasteiger partial charge in [-0.1, -0.05) is 0 Å². The molecular weight excluding hydrogens is 308 g/mol. The highest BCUT2D eigenvalue weighted by atomic mass is 16.5. The van der Waals surface area contributed by atoms with Crippen LogP contribution in [0.15, 0.2) is 18.5 Å². The van der Waals surface area contributed by atoms with Crippen molar-refractivity contribution in [2.24, 2.45) is 7.05 Å². The molecule has 128 valence electrons. The van der Waals surface area contributed by atoms with Crippen LogP contribution in [-0.4, -0.2) is 64.2 Å². The van der Waals surface area contributed by atoms with Crippen molar-refractivity contribution in [2.75, 3.05) is 38.8 Å². The monoisotopic (exact) mass is 330 g/mol. The molecule has 1 saturated heterocycles. The van der Waals surface area contributed by atoms with Crippen LogP contribution in [0.4, 0.5) is 5.82 Å². The van der Waals surface area contributed by atoms with Crippen molar-refractivity contribution in [3.63, 3.8) is 0 Å². The van der Waals surface area contributed by atoms with Gasteiger partial charge >= 0.3 is 0 Å². The maximum Gasteiger partial charge on any atom is 0.290 e. The fourth-order valence-corrected chi connectivity index (χ4v) is 2.71. The van der Waals surface area contributed by atoms with Crippen molar-refractivity contribution >= 4 is 11.7 Å². The van der Waals surface area contributed by atoms with Gasteiger partial charge in [0.05, 0.1) is 13.2 Å². The molecule has 0 aliphatic carbocycles. The van der Waals surface area contributed by atoms with Gasteiger partial charge in [0.15, 0.2) is 11.6 Å². The van der Waals surface area contributed by atoms with Crippen LogP contribution < -0.4 is 4.90 Å². The normalized spacial score (nSPS) is 17.8. The van der Waals surface area contributed by atoms with Gasteiger partial charge in [-0.15, -0.1) is 0 Å². The molecule has 1 fully saturated rings. The van der Waals surface area contributed by atoms with Crippen molar-refractivity contribution in [1.29, 1.82) is 0 Å². The van der Waals surface area contributed by atoms with Crippen molar-refractivity contribution in [2.45, 2.75) is 13.0 Å². The highest BCUT2D eigenvalue weighted by Crippen LogP contribution is 2.25. The SMILES string of the molecule is Cc1cc(N(C)C)nc([C@H]2COCCN2C(=O)c2nccn2C)n1. The fourth-order valence-electron chi connectivity index (χ4n) is 2.71. The number of morpholine rings is 1. The van der Waals surface area contributed by atoms with E-state index < -0.39 is 0 Å². The lowest BCUT2D eigenvalue weighted by atomic mass is 10.2. The van der Waals surface area contributed by atoms with Gasteiger partial charge in [-0.25, -0.2) is 15.0 Å². The smallest absolute Gasteiger partial charge is 0.290 e. The standard InChI is InChI=1S/C16H22N6O2/c1-11-9-13(20(2)3)19-14(18-11)12-10-24-8-7-22(12)16(23)15-17-5-6-21(15)4/h5-6,9,12H,7-8,10H2,1-4H3/t12-/m1/s1. The lowest BCUT2D eigenvalue weighted by molar-refractivity contribution is -0.00605. The number of aryl methyl sites for hydroxylation is 2. The lowest BCUT2D eigenvalue weighted by Crippen LogP contribution is -2.45. The predicted molar refractivity (Wildman–Crippen MR) is 88.9 cm³/mol. The van der Waals surface area contributed by atoms with Gasteiger partial charge in [-0.3, -0.25) is 4.79 Å². The summed E-state index contributed by atoms with van der Waals surface area (Å²) in [6.07, 6.45) is 3.38. The maximum atomic E-state index is 12.9. The van der Waals surface area contributed by atoms with Crippen LogP contribution in [0.1, 0.15) is 28.2 Å². The quantitative estimate of drug-likeness (QED) is 0.828. The summed E-state index contributed by atoms with van der Waals surface area (Å²) in [5, 5.41) is 0. The molecule has 0 radical (unpaired) electrons. The van der Waals surface area contributed by atoms with Gasteiger partial charge in [0.1, 0.15) is 11.9 Å². The summed E-state index contributed by atoms with van der Waals surface area (Å²) in [7, 11) is 5.67. The first kappa shape index (κ1) is 16.4. The van der Waals surface area contributed by atoms with E-state index in [1.807, 2.05) is 39.0 Å². The summed E-state index contributed by atoms with van der Waals surface area (Å²) in [5.74, 6) is 1.68. The molecule has 2 aromatic rings. The topological polar surface area (TPSA) is 76.4 Å². The average Bonchev–Trinajstić information content (AvgIpc) is 2.99. The molecule has 0 bridgehead atoms. The van der Waals surface area contributed by atoms with Crippen molar-refractivity contribution < 1.29 is 9.53 Å². The Hall–Kier alpha value is -2.48. The molecule has 24 heavy (non-hydrogen) atoms. The lowest BCUT2D eigenvalue weighted by Gasteiger charge is -2.34. The van der Waals surface area contributed by atoms with Gasteiger partial charge < -0.3 is 19.1 Å². The Morgan fingerprint density at radius 2 is 2.17 bits per heavy atom. The summed E-state index contributed by atoms with van der Waals surface area (Å²) in [6, 6.07) is 1.60. The summed E-state index contributed by atoms with van der Waals surface area (Å²) >= 11 is 0. The highest BCUT2D eigenvalue weighted by Gasteiger charge is 2.33. The number of imidazole rings is 1. The van der Waals surface area contributed by atoms with Crippen LogP contribution in [0.25, 0.3) is 0 Å². The van der Waals surface area contributed by atoms with Crippen LogP contribution in [0, 0.1) is 6.92 Å². The molecule has 0 spiro atoms. The zero-order valence-corrected chi connectivity index (χ0v) is 14.4. The maximum absolute atomic E-state index is 12.9. The van der Waals surface area contributed by atoms with E-state index in [0.717, 1.165) is 11.5 Å². The Labute approximate surface area is 141 Å². The van der Waals surface area contributed by atoms with E-state index in [2.05, 4.69) is 15.0 Å². The average molecular weight is 330 g/mol. The highest BCUT2D eigenvalue weighted by molar-refractivity contribution is 5.91. The third kappa shape index (κ3) is 3.09. The molecule has 8 heteroatoms. The zero-order valence-electron chi connectivity index (χ0n) is 14.4. The molecular formula is C16H22N6O2. The molecule has 8 nitrogen and oxygen atoms in total. The molecule has 3 heterocycles. The zero-order chi connectivity index (χ0) is 17.3. The second-order valence-electron chi connectivity index (χ2n) is 6.07. The van der Waals surface area contributed by atoms with Gasteiger partial charge in [-0.05, 0) is 6.92 Å². The molecule has 3 rings (SSSR count). The molecule has 1 aliphatic heterocycles. The minimum atomic E-state index is -0.318. The van der Waals surface area contributed by atoms with E-state index in [9.17, 15) is 4.79 Å². The van der Waals surface area contributed by atoms with Crippen molar-refractivity contribution in [1.82, 2.24) is 24.4 Å². The Balaban J connectivity index is 1.96. The summed E-state index contributed by atoms with van der Waals surface area (Å²) in [6.45, 7) is 3.29. The van der Waals surface area contributed by atoms with E-state index >= 15 is 0 Å². The number of carbonyl (C=O) groups is 1. The second-order valence-corrected chi connectivity index (χ2v) is 6.07. The van der Waals surface area contributed by atoms with E-state index in [0.29, 0.717) is 31.4 Å². The van der Waals surface area contributed by atoms with Crippen LogP contribution in [0.5, 0.6) is 0 Å². The van der Waals surface area contributed by atoms with E-state index in [1.54, 1.807) is 21.9 Å². The number of carbonyl (C=O) groups excluding carboxylic acids is 1. The van der Waals surface area contributed by atoms with Crippen LogP contribution in [0.2, 0.25) is 0 Å². The summed E-state index contributed by atoms with van der Waals surface area (Å²) in [5.41, 5.74) is 0.860. The molecule has 0 aromatic carbocycles. The number of ether oxygens (including phenoxy) is 1. The van der Waals surface area contributed by atoms with Crippen LogP contribution >= 0.6 is 0 Å². The molecule has 1 aliphatic rings. The minimum absolute atomic E-state index is 0.132. The summed E-state index contributed by atoms with van der Waals surface area (Å²) in [4.78, 5) is 29.9. The van der Waals surface area contributed by atoms with E-state index in [-0.39, 0.29) is 11.9 Å². The molecule has 1 amide bonds. The second kappa shape index (κ2) is 6.56. The fraction of sp³-hybridized carbons (Fsp3) is 0.500. The largest absolute Gasteiger partial charge is 0.377 e. The Morgan fingerprint density at radius 3 is 2.83 bits per heavy atom. The summed E-state index contributed by atoms with van der Waals surface area (Å²) < 4.78 is 7.31. The number of hydrogen-bond acceptors (Lipinski definition) is 6. The predicted octanol–water partition coefficient (Wildman–Crippen LogP) is 0.798. The van der Waals surface area contributed by atoms with Crippen LogP contribution in [-0.2, 0) is 11.8 Å². The minimum Gasteiger partial charge on any atom is -0.377 e. The molecule has 1 atom stereocenters. The third-order valence-corrected chi connectivity index (χ3v) is 4.02. The number of hydrogen-bond donors (Lipinski definition) is 0. The first-order valence-electron chi connectivity index (χ1n) is 7.86. The Bertz CT molecular complexity index is 742. The van der Waals surface area contributed by atoms with Crippen molar-refractivity contribution in [3.05, 3.63) is 35.8 Å². The van der Waals surface area contributed by atoms with Gasteiger partial charge in [0.2, 0.25) is 0 Å².